The van der Waals surface area contributed by atoms with E-state index in [1.807, 2.05) is 0 Å². The summed E-state index contributed by atoms with van der Waals surface area (Å²) in [6.45, 7) is 5.01. The van der Waals surface area contributed by atoms with E-state index in [0.717, 1.165) is 25.0 Å². The zero-order valence-electron chi connectivity index (χ0n) is 14.7. The average molecular weight is 419 g/mol. The van der Waals surface area contributed by atoms with Gasteiger partial charge >= 0.3 is 19.5 Å². The van der Waals surface area contributed by atoms with E-state index in [2.05, 4.69) is 13.8 Å². The molecule has 0 aromatic carbocycles. The predicted octanol–water partition coefficient (Wildman–Crippen LogP) is 6.04. The summed E-state index contributed by atoms with van der Waals surface area (Å²) < 4.78 is 5.41. The van der Waals surface area contributed by atoms with Gasteiger partial charge in [0.05, 0.1) is 6.61 Å². The van der Waals surface area contributed by atoms with Gasteiger partial charge in [0.1, 0.15) is 0 Å². The van der Waals surface area contributed by atoms with Crippen LogP contribution in [0.1, 0.15) is 90.9 Å². The molecule has 0 N–H and O–H groups in total. The largest absolute Gasteiger partial charge is 1.00 e. The average Bonchev–Trinajstić information content (AvgIpc) is 2.45. The first-order chi connectivity index (χ1) is 10.1. The minimum atomic E-state index is -2.82. The standard InChI is InChI=1S/C16H35O2PS2.Zn/c1-3-5-7-9-11-13-15-18-19(17,20)21-16-14-12-10-8-6-4-2;/h3-16H2,1-2H3,(H,17,20);/q;+1/p-1. The van der Waals surface area contributed by atoms with Gasteiger partial charge in [-0.15, -0.1) is 11.4 Å². The van der Waals surface area contributed by atoms with Crippen LogP contribution in [0.4, 0.5) is 0 Å². The molecule has 2 nitrogen and oxygen atoms in total. The van der Waals surface area contributed by atoms with Crippen molar-refractivity contribution in [2.24, 2.45) is 0 Å². The van der Waals surface area contributed by atoms with Crippen LogP contribution in [-0.2, 0) is 35.8 Å². The van der Waals surface area contributed by atoms with Crippen molar-refractivity contribution in [3.8, 4) is 0 Å². The van der Waals surface area contributed by atoms with Gasteiger partial charge in [0, 0.05) is 5.69 Å². The third kappa shape index (κ3) is 19.6. The van der Waals surface area contributed by atoms with Crippen LogP contribution in [0.5, 0.6) is 0 Å². The van der Waals surface area contributed by atoms with Crippen LogP contribution >= 0.6 is 17.1 Å². The Labute approximate surface area is 160 Å². The minimum absolute atomic E-state index is 0. The summed E-state index contributed by atoms with van der Waals surface area (Å²) in [5.74, 6) is 0.878. The number of hydrogen-bond acceptors (Lipinski definition) is 4. The molecule has 0 heterocycles. The molecule has 0 aliphatic carbocycles. The van der Waals surface area contributed by atoms with Crippen molar-refractivity contribution in [3.05, 3.63) is 0 Å². The molecule has 1 atom stereocenters. The fourth-order valence-corrected chi connectivity index (χ4v) is 5.54. The summed E-state index contributed by atoms with van der Waals surface area (Å²) >= 11 is 6.44. The molecule has 1 unspecified atom stereocenters. The van der Waals surface area contributed by atoms with Crippen LogP contribution in [0.25, 0.3) is 0 Å². The summed E-state index contributed by atoms with van der Waals surface area (Å²) in [6.07, 6.45) is 14.8. The Morgan fingerprint density at radius 2 is 1.27 bits per heavy atom. The zero-order valence-corrected chi connectivity index (χ0v) is 20.2. The van der Waals surface area contributed by atoms with Crippen molar-refractivity contribution < 1.29 is 28.9 Å². The summed E-state index contributed by atoms with van der Waals surface area (Å²) in [6, 6.07) is 0. The molecule has 129 valence electrons. The fourth-order valence-electron chi connectivity index (χ4n) is 2.15. The van der Waals surface area contributed by atoms with Gasteiger partial charge < -0.3 is 9.42 Å². The summed E-state index contributed by atoms with van der Waals surface area (Å²) in [4.78, 5) is 12.0. The van der Waals surface area contributed by atoms with Crippen LogP contribution in [0.15, 0.2) is 0 Å². The second-order valence-electron chi connectivity index (χ2n) is 5.65. The molecule has 0 spiro atoms. The second-order valence-corrected chi connectivity index (χ2v) is 11.8. The molecular formula is C16H34O2PS2Zn. The van der Waals surface area contributed by atoms with Gasteiger partial charge in [-0.2, -0.15) is 0 Å². The van der Waals surface area contributed by atoms with Crippen molar-refractivity contribution in [2.75, 3.05) is 12.4 Å². The molecule has 0 aliphatic heterocycles. The molecule has 0 aliphatic rings. The topological polar surface area (TPSA) is 32.3 Å². The van der Waals surface area contributed by atoms with Crippen LogP contribution in [0.3, 0.4) is 0 Å². The molecule has 1 radical (unpaired) electrons. The van der Waals surface area contributed by atoms with Crippen LogP contribution in [0.2, 0.25) is 0 Å². The Hall–Kier alpha value is 1.54. The summed E-state index contributed by atoms with van der Waals surface area (Å²) in [5, 5.41) is 0. The SMILES string of the molecule is CCCCCCCCOP([O-])(=S)SCCCCCCCC.[Zn+]. The third-order valence-corrected chi connectivity index (χ3v) is 7.86. The zero-order chi connectivity index (χ0) is 15.8. The van der Waals surface area contributed by atoms with E-state index in [9.17, 15) is 4.89 Å². The van der Waals surface area contributed by atoms with Crippen molar-refractivity contribution >= 4 is 28.9 Å². The van der Waals surface area contributed by atoms with E-state index in [1.165, 1.54) is 69.2 Å². The van der Waals surface area contributed by atoms with Gasteiger partial charge in [0.15, 0.2) is 0 Å². The first-order valence-electron chi connectivity index (χ1n) is 8.72. The van der Waals surface area contributed by atoms with Crippen molar-refractivity contribution in [3.63, 3.8) is 0 Å². The van der Waals surface area contributed by atoms with Crippen LogP contribution in [0, 0.1) is 0 Å². The van der Waals surface area contributed by atoms with Crippen LogP contribution < -0.4 is 4.89 Å². The van der Waals surface area contributed by atoms with Gasteiger partial charge in [0.2, 0.25) is 0 Å². The second kappa shape index (κ2) is 18.9. The molecule has 0 bridgehead atoms. The van der Waals surface area contributed by atoms with E-state index in [0.29, 0.717) is 6.61 Å². The minimum Gasteiger partial charge on any atom is -0.793 e. The first-order valence-corrected chi connectivity index (χ1v) is 13.0. The van der Waals surface area contributed by atoms with Crippen molar-refractivity contribution in [2.45, 2.75) is 90.9 Å². The van der Waals surface area contributed by atoms with Gasteiger partial charge in [-0.1, -0.05) is 89.9 Å². The van der Waals surface area contributed by atoms with E-state index < -0.39 is 5.69 Å². The molecule has 6 heteroatoms. The van der Waals surface area contributed by atoms with Crippen molar-refractivity contribution in [1.29, 1.82) is 0 Å². The smallest absolute Gasteiger partial charge is 0.793 e. The first kappa shape index (κ1) is 25.8. The van der Waals surface area contributed by atoms with Gasteiger partial charge in [0.25, 0.3) is 0 Å². The molecule has 0 fully saturated rings. The fraction of sp³-hybridized carbons (Fsp3) is 1.00. The van der Waals surface area contributed by atoms with E-state index in [-0.39, 0.29) is 19.5 Å². The van der Waals surface area contributed by atoms with E-state index >= 15 is 0 Å². The maximum atomic E-state index is 12.0. The van der Waals surface area contributed by atoms with Gasteiger partial charge in [-0.25, -0.2) is 0 Å². The Morgan fingerprint density at radius 3 is 1.82 bits per heavy atom. The maximum Gasteiger partial charge on any atom is 1.00 e. The Bertz CT molecular complexity index is 247. The number of rotatable bonds is 16. The molecule has 0 saturated heterocycles. The number of hydrogen-bond donors (Lipinski definition) is 0. The molecule has 0 amide bonds. The Balaban J connectivity index is 0. The Morgan fingerprint density at radius 1 is 0.818 bits per heavy atom. The van der Waals surface area contributed by atoms with E-state index in [4.69, 9.17) is 16.3 Å². The predicted molar refractivity (Wildman–Crippen MR) is 99.4 cm³/mol. The monoisotopic (exact) mass is 417 g/mol. The molecule has 0 aromatic rings. The molecule has 0 rings (SSSR count). The molecule has 22 heavy (non-hydrogen) atoms. The van der Waals surface area contributed by atoms with Gasteiger partial charge in [-0.05, 0) is 18.6 Å². The summed E-state index contributed by atoms with van der Waals surface area (Å²) in [7, 11) is 0. The quantitative estimate of drug-likeness (QED) is 0.174. The van der Waals surface area contributed by atoms with Gasteiger partial charge in [-0.3, -0.25) is 0 Å². The van der Waals surface area contributed by atoms with Crippen LogP contribution in [-0.4, -0.2) is 12.4 Å². The number of unbranched alkanes of at least 4 members (excludes halogenated alkanes) is 10. The molecular weight excluding hydrogens is 385 g/mol. The molecule has 0 aromatic heterocycles. The maximum absolute atomic E-state index is 12.0. The van der Waals surface area contributed by atoms with Crippen molar-refractivity contribution in [1.82, 2.24) is 0 Å². The Kier molecular flexibility index (Phi) is 22.1. The normalized spacial score (nSPS) is 13.6. The summed E-state index contributed by atoms with van der Waals surface area (Å²) in [5.41, 5.74) is -2.82. The third-order valence-electron chi connectivity index (χ3n) is 3.49. The molecule has 0 saturated carbocycles. The van der Waals surface area contributed by atoms with E-state index in [1.54, 1.807) is 0 Å².